The maximum atomic E-state index is 12.0. The molecule has 0 aliphatic heterocycles. The molecule has 0 fully saturated rings. The molecule has 0 bridgehead atoms. The van der Waals surface area contributed by atoms with Crippen molar-refractivity contribution >= 4 is 17.5 Å². The smallest absolute Gasteiger partial charge is 0.323 e. The summed E-state index contributed by atoms with van der Waals surface area (Å²) < 4.78 is 1.23. The van der Waals surface area contributed by atoms with E-state index in [1.165, 1.54) is 23.7 Å². The lowest BCUT2D eigenvalue weighted by molar-refractivity contribution is -0.391. The van der Waals surface area contributed by atoms with Crippen molar-refractivity contribution in [1.82, 2.24) is 14.8 Å². The number of nitrogens with zero attached hydrogens (tertiary/aromatic N) is 3. The van der Waals surface area contributed by atoms with E-state index in [-0.39, 0.29) is 11.5 Å². The Hall–Kier alpha value is -2.64. The van der Waals surface area contributed by atoms with E-state index in [1.54, 1.807) is 6.07 Å². The molecular weight excluding hydrogens is 262 g/mol. The molecule has 2 N–H and O–H groups in total. The van der Waals surface area contributed by atoms with Crippen LogP contribution in [0.25, 0.3) is 0 Å². The SMILES string of the molecule is CCCc1cc(NC(=O)c2ccc([N+](=O)[O-])n2C)n[nH]1. The number of aromatic amines is 1. The average Bonchev–Trinajstić information content (AvgIpc) is 2.96. The Labute approximate surface area is 114 Å². The van der Waals surface area contributed by atoms with Gasteiger partial charge in [0.25, 0.3) is 5.91 Å². The number of rotatable bonds is 5. The van der Waals surface area contributed by atoms with Gasteiger partial charge in [-0.25, -0.2) is 4.57 Å². The number of nitrogens with one attached hydrogen (secondary N) is 2. The van der Waals surface area contributed by atoms with Gasteiger partial charge in [0.15, 0.2) is 11.5 Å². The molecule has 20 heavy (non-hydrogen) atoms. The van der Waals surface area contributed by atoms with Crippen molar-refractivity contribution in [3.63, 3.8) is 0 Å². The van der Waals surface area contributed by atoms with Crippen LogP contribution in [0.1, 0.15) is 29.5 Å². The van der Waals surface area contributed by atoms with Crippen LogP contribution in [-0.4, -0.2) is 25.6 Å². The minimum absolute atomic E-state index is 0.135. The highest BCUT2D eigenvalue weighted by molar-refractivity contribution is 6.03. The van der Waals surface area contributed by atoms with E-state index in [0.29, 0.717) is 5.82 Å². The summed E-state index contributed by atoms with van der Waals surface area (Å²) in [4.78, 5) is 22.2. The molecule has 1 amide bonds. The van der Waals surface area contributed by atoms with Gasteiger partial charge in [-0.05, 0) is 17.4 Å². The topological polar surface area (TPSA) is 106 Å². The van der Waals surface area contributed by atoms with Gasteiger partial charge in [-0.15, -0.1) is 0 Å². The van der Waals surface area contributed by atoms with Gasteiger partial charge >= 0.3 is 5.82 Å². The number of anilines is 1. The first-order chi connectivity index (χ1) is 9.52. The van der Waals surface area contributed by atoms with Crippen LogP contribution in [0.3, 0.4) is 0 Å². The van der Waals surface area contributed by atoms with Crippen molar-refractivity contribution in [1.29, 1.82) is 0 Å². The Morgan fingerprint density at radius 2 is 2.30 bits per heavy atom. The monoisotopic (exact) mass is 277 g/mol. The molecule has 2 rings (SSSR count). The Morgan fingerprint density at radius 1 is 1.55 bits per heavy atom. The van der Waals surface area contributed by atoms with Gasteiger partial charge in [0, 0.05) is 17.8 Å². The number of amides is 1. The zero-order chi connectivity index (χ0) is 14.7. The van der Waals surface area contributed by atoms with Gasteiger partial charge in [-0.1, -0.05) is 13.3 Å². The van der Waals surface area contributed by atoms with Crippen molar-refractivity contribution in [3.05, 3.63) is 39.7 Å². The van der Waals surface area contributed by atoms with Crippen molar-refractivity contribution in [2.45, 2.75) is 19.8 Å². The highest BCUT2D eigenvalue weighted by atomic mass is 16.6. The van der Waals surface area contributed by atoms with Gasteiger partial charge < -0.3 is 15.4 Å². The first kappa shape index (κ1) is 13.8. The summed E-state index contributed by atoms with van der Waals surface area (Å²) in [5.41, 5.74) is 1.14. The molecule has 0 radical (unpaired) electrons. The van der Waals surface area contributed by atoms with Crippen molar-refractivity contribution in [2.75, 3.05) is 5.32 Å². The molecule has 0 unspecified atom stereocenters. The summed E-state index contributed by atoms with van der Waals surface area (Å²) in [7, 11) is 1.47. The number of aryl methyl sites for hydroxylation is 1. The molecule has 2 aromatic rings. The van der Waals surface area contributed by atoms with Gasteiger partial charge in [-0.2, -0.15) is 5.10 Å². The third kappa shape index (κ3) is 2.68. The molecule has 0 aromatic carbocycles. The van der Waals surface area contributed by atoms with E-state index in [0.717, 1.165) is 18.5 Å². The van der Waals surface area contributed by atoms with Crippen LogP contribution in [0.4, 0.5) is 11.6 Å². The molecule has 2 aromatic heterocycles. The number of hydrogen-bond donors (Lipinski definition) is 2. The largest absolute Gasteiger partial charge is 0.358 e. The van der Waals surface area contributed by atoms with Crippen LogP contribution < -0.4 is 5.32 Å². The van der Waals surface area contributed by atoms with Crippen LogP contribution in [0.15, 0.2) is 18.2 Å². The number of carbonyl (C=O) groups excluding carboxylic acids is 1. The minimum atomic E-state index is -0.537. The maximum Gasteiger partial charge on any atom is 0.323 e. The van der Waals surface area contributed by atoms with Crippen molar-refractivity contribution < 1.29 is 9.72 Å². The molecule has 106 valence electrons. The summed E-state index contributed by atoms with van der Waals surface area (Å²) >= 11 is 0. The lowest BCUT2D eigenvalue weighted by Gasteiger charge is -2.00. The molecular formula is C12H15N5O3. The number of hydrogen-bond acceptors (Lipinski definition) is 4. The Kier molecular flexibility index (Phi) is 3.83. The van der Waals surface area contributed by atoms with Crippen molar-refractivity contribution in [3.8, 4) is 0 Å². The summed E-state index contributed by atoms with van der Waals surface area (Å²) in [6.07, 6.45) is 1.82. The molecule has 0 saturated heterocycles. The van der Waals surface area contributed by atoms with Crippen LogP contribution in [0.2, 0.25) is 0 Å². The second-order valence-electron chi connectivity index (χ2n) is 4.38. The first-order valence-electron chi connectivity index (χ1n) is 6.18. The zero-order valence-corrected chi connectivity index (χ0v) is 11.2. The fourth-order valence-electron chi connectivity index (χ4n) is 1.92. The van der Waals surface area contributed by atoms with Crippen LogP contribution >= 0.6 is 0 Å². The summed E-state index contributed by atoms with van der Waals surface area (Å²) in [5.74, 6) is -0.165. The second kappa shape index (κ2) is 5.55. The molecule has 0 aliphatic rings. The van der Waals surface area contributed by atoms with E-state index < -0.39 is 10.8 Å². The quantitative estimate of drug-likeness (QED) is 0.642. The fourth-order valence-corrected chi connectivity index (χ4v) is 1.92. The molecule has 0 atom stereocenters. The molecule has 0 aliphatic carbocycles. The lowest BCUT2D eigenvalue weighted by atomic mass is 10.2. The number of carbonyl (C=O) groups is 1. The van der Waals surface area contributed by atoms with Crippen LogP contribution in [0, 0.1) is 10.1 Å². The third-order valence-electron chi connectivity index (χ3n) is 2.91. The molecule has 0 spiro atoms. The highest BCUT2D eigenvalue weighted by Crippen LogP contribution is 2.16. The van der Waals surface area contributed by atoms with E-state index in [2.05, 4.69) is 15.5 Å². The lowest BCUT2D eigenvalue weighted by Crippen LogP contribution is -2.16. The van der Waals surface area contributed by atoms with E-state index in [9.17, 15) is 14.9 Å². The maximum absolute atomic E-state index is 12.0. The predicted octanol–water partition coefficient (Wildman–Crippen LogP) is 1.86. The van der Waals surface area contributed by atoms with Crippen molar-refractivity contribution in [2.24, 2.45) is 7.05 Å². The minimum Gasteiger partial charge on any atom is -0.358 e. The molecule has 2 heterocycles. The van der Waals surface area contributed by atoms with Gasteiger partial charge in [0.05, 0.1) is 7.05 Å². The average molecular weight is 277 g/mol. The number of H-pyrrole nitrogens is 1. The molecule has 8 nitrogen and oxygen atoms in total. The highest BCUT2D eigenvalue weighted by Gasteiger charge is 2.21. The fraction of sp³-hybridized carbons (Fsp3) is 0.333. The van der Waals surface area contributed by atoms with Crippen LogP contribution in [-0.2, 0) is 13.5 Å². The van der Waals surface area contributed by atoms with E-state index in [4.69, 9.17) is 0 Å². The van der Waals surface area contributed by atoms with Gasteiger partial charge in [0.1, 0.15) is 0 Å². The van der Waals surface area contributed by atoms with Crippen LogP contribution in [0.5, 0.6) is 0 Å². The summed E-state index contributed by atoms with van der Waals surface area (Å²) in [6, 6.07) is 4.45. The zero-order valence-electron chi connectivity index (χ0n) is 11.2. The van der Waals surface area contributed by atoms with E-state index >= 15 is 0 Å². The summed E-state index contributed by atoms with van der Waals surface area (Å²) in [5, 5.41) is 20.1. The Balaban J connectivity index is 2.13. The summed E-state index contributed by atoms with van der Waals surface area (Å²) in [6.45, 7) is 2.04. The van der Waals surface area contributed by atoms with E-state index in [1.807, 2.05) is 6.92 Å². The molecule has 0 saturated carbocycles. The Morgan fingerprint density at radius 3 is 2.90 bits per heavy atom. The normalized spacial score (nSPS) is 10.5. The second-order valence-corrected chi connectivity index (χ2v) is 4.38. The molecule has 8 heteroatoms. The Bertz CT molecular complexity index is 643. The van der Waals surface area contributed by atoms with Gasteiger partial charge in [-0.3, -0.25) is 9.89 Å². The standard InChI is InChI=1S/C12H15N5O3/c1-3-4-8-7-10(15-14-8)13-12(18)9-5-6-11(16(9)2)17(19)20/h5-7H,3-4H2,1-2H3,(H2,13,14,15,18). The predicted molar refractivity (Wildman–Crippen MR) is 72.6 cm³/mol. The van der Waals surface area contributed by atoms with Gasteiger partial charge in [0.2, 0.25) is 0 Å². The first-order valence-corrected chi connectivity index (χ1v) is 6.18. The number of nitro groups is 1. The third-order valence-corrected chi connectivity index (χ3v) is 2.91. The number of aromatic nitrogens is 3.